The molecule has 1 amide bonds. The topological polar surface area (TPSA) is 96.8 Å². The molecule has 1 unspecified atom stereocenters. The van der Waals surface area contributed by atoms with Gasteiger partial charge in [-0.05, 0) is 49.3 Å². The van der Waals surface area contributed by atoms with Gasteiger partial charge < -0.3 is 20.5 Å². The van der Waals surface area contributed by atoms with Crippen molar-refractivity contribution in [3.63, 3.8) is 0 Å². The summed E-state index contributed by atoms with van der Waals surface area (Å²) in [5, 5.41) is 9.81. The van der Waals surface area contributed by atoms with Gasteiger partial charge in [-0.2, -0.15) is 4.98 Å². The third kappa shape index (κ3) is 6.54. The van der Waals surface area contributed by atoms with Gasteiger partial charge in [-0.15, -0.1) is 0 Å². The number of benzene rings is 1. The third-order valence-corrected chi connectivity index (χ3v) is 5.95. The summed E-state index contributed by atoms with van der Waals surface area (Å²) in [5.74, 6) is 2.20. The molecule has 0 saturated heterocycles. The minimum atomic E-state index is 0.0633. The van der Waals surface area contributed by atoms with E-state index in [9.17, 15) is 4.79 Å². The number of carbonyl (C=O) groups is 1. The van der Waals surface area contributed by atoms with Gasteiger partial charge in [0.2, 0.25) is 11.9 Å². The molecule has 1 fully saturated rings. The second-order valence-corrected chi connectivity index (χ2v) is 8.71. The maximum Gasteiger partial charge on any atom is 0.229 e. The Morgan fingerprint density at radius 1 is 1.27 bits per heavy atom. The van der Waals surface area contributed by atoms with Crippen LogP contribution in [-0.4, -0.2) is 38.5 Å². The van der Waals surface area contributed by atoms with Crippen LogP contribution < -0.4 is 16.0 Å². The average molecular weight is 448 g/mol. The Kier molecular flexibility index (Phi) is 7.55. The van der Waals surface area contributed by atoms with Crippen molar-refractivity contribution in [3.05, 3.63) is 60.3 Å². The summed E-state index contributed by atoms with van der Waals surface area (Å²) in [4.78, 5) is 25.4. The molecule has 4 rings (SSSR count). The van der Waals surface area contributed by atoms with E-state index in [2.05, 4.69) is 38.1 Å². The number of hydrogen-bond donors (Lipinski definition) is 3. The summed E-state index contributed by atoms with van der Waals surface area (Å²) in [5.41, 5.74) is 3.30. The molecule has 2 heterocycles. The van der Waals surface area contributed by atoms with Gasteiger partial charge in [0.05, 0.1) is 6.33 Å². The fourth-order valence-corrected chi connectivity index (χ4v) is 3.62. The Morgan fingerprint density at radius 3 is 2.91 bits per heavy atom. The lowest BCUT2D eigenvalue weighted by atomic mass is 10.1. The van der Waals surface area contributed by atoms with Crippen LogP contribution in [0.3, 0.4) is 0 Å². The Hall–Kier alpha value is -3.42. The molecule has 0 bridgehead atoms. The van der Waals surface area contributed by atoms with Gasteiger partial charge in [0.25, 0.3) is 0 Å². The minimum Gasteiger partial charge on any atom is -0.370 e. The van der Waals surface area contributed by atoms with E-state index in [0.717, 1.165) is 37.4 Å². The Bertz CT molecular complexity index is 1050. The fraction of sp³-hybridized carbons (Fsp3) is 0.440. The van der Waals surface area contributed by atoms with Crippen LogP contribution in [0, 0.1) is 5.92 Å². The standard InChI is InChI=1S/C25H33N7O/c1-3-18(2)24(33)28-11-5-10-27-23-22(20-8-9-20)15-29-25(31-23)30-21-7-4-6-19(14-21)16-32-13-12-26-17-32/h4,6-7,12-15,17-18,20H,3,5,8-11,16H2,1-2H3,(H,28,33)(H2,27,29,30,31). The van der Waals surface area contributed by atoms with E-state index in [1.54, 1.807) is 6.20 Å². The molecule has 8 nitrogen and oxygen atoms in total. The predicted molar refractivity (Wildman–Crippen MR) is 131 cm³/mol. The molecule has 0 aliphatic heterocycles. The molecule has 8 heteroatoms. The van der Waals surface area contributed by atoms with E-state index >= 15 is 0 Å². The molecular formula is C25H33N7O. The molecule has 1 aliphatic rings. The number of aromatic nitrogens is 4. The third-order valence-electron chi connectivity index (χ3n) is 5.95. The zero-order valence-electron chi connectivity index (χ0n) is 19.4. The number of imidazole rings is 1. The van der Waals surface area contributed by atoms with E-state index in [0.29, 0.717) is 18.4 Å². The summed E-state index contributed by atoms with van der Waals surface area (Å²) in [6.45, 7) is 6.16. The van der Waals surface area contributed by atoms with Crippen LogP contribution in [0.2, 0.25) is 0 Å². The lowest BCUT2D eigenvalue weighted by molar-refractivity contribution is -0.124. The number of amides is 1. The van der Waals surface area contributed by atoms with Gasteiger partial charge in [0.1, 0.15) is 5.82 Å². The van der Waals surface area contributed by atoms with E-state index in [1.807, 2.05) is 49.3 Å². The van der Waals surface area contributed by atoms with Crippen LogP contribution in [0.4, 0.5) is 17.5 Å². The highest BCUT2D eigenvalue weighted by Crippen LogP contribution is 2.42. The number of nitrogens with one attached hydrogen (secondary N) is 3. The Morgan fingerprint density at radius 2 is 2.15 bits per heavy atom. The summed E-state index contributed by atoms with van der Waals surface area (Å²) < 4.78 is 2.04. The van der Waals surface area contributed by atoms with Gasteiger partial charge in [0, 0.05) is 55.4 Å². The van der Waals surface area contributed by atoms with Crippen molar-refractivity contribution >= 4 is 23.4 Å². The fourth-order valence-electron chi connectivity index (χ4n) is 3.62. The molecule has 174 valence electrons. The molecule has 1 atom stereocenters. The van der Waals surface area contributed by atoms with Crippen molar-refractivity contribution in [2.75, 3.05) is 23.7 Å². The molecule has 1 aromatic carbocycles. The number of hydrogen-bond acceptors (Lipinski definition) is 6. The summed E-state index contributed by atoms with van der Waals surface area (Å²) in [6.07, 6.45) is 11.6. The molecule has 0 radical (unpaired) electrons. The number of rotatable bonds is 12. The first kappa shape index (κ1) is 22.8. The molecule has 1 aliphatic carbocycles. The average Bonchev–Trinajstić information content (AvgIpc) is 3.54. The first-order valence-electron chi connectivity index (χ1n) is 11.8. The number of nitrogens with zero attached hydrogens (tertiary/aromatic N) is 4. The van der Waals surface area contributed by atoms with Crippen molar-refractivity contribution in [1.82, 2.24) is 24.8 Å². The van der Waals surface area contributed by atoms with E-state index in [1.165, 1.54) is 24.0 Å². The first-order chi connectivity index (χ1) is 16.1. The van der Waals surface area contributed by atoms with Crippen molar-refractivity contribution < 1.29 is 4.79 Å². The van der Waals surface area contributed by atoms with Crippen molar-refractivity contribution in [2.24, 2.45) is 5.92 Å². The number of anilines is 3. The van der Waals surface area contributed by atoms with Gasteiger partial charge in [-0.3, -0.25) is 4.79 Å². The van der Waals surface area contributed by atoms with E-state index in [-0.39, 0.29) is 11.8 Å². The molecule has 1 saturated carbocycles. The molecule has 33 heavy (non-hydrogen) atoms. The minimum absolute atomic E-state index is 0.0633. The normalized spacial score (nSPS) is 14.0. The van der Waals surface area contributed by atoms with E-state index < -0.39 is 0 Å². The van der Waals surface area contributed by atoms with Crippen molar-refractivity contribution in [3.8, 4) is 0 Å². The second kappa shape index (κ2) is 10.9. The highest BCUT2D eigenvalue weighted by Gasteiger charge is 2.27. The largest absolute Gasteiger partial charge is 0.370 e. The molecule has 3 N–H and O–H groups in total. The second-order valence-electron chi connectivity index (χ2n) is 8.71. The van der Waals surface area contributed by atoms with Crippen molar-refractivity contribution in [2.45, 2.75) is 52.0 Å². The number of carbonyl (C=O) groups excluding carboxylic acids is 1. The first-order valence-corrected chi connectivity index (χ1v) is 11.8. The maximum atomic E-state index is 11.9. The smallest absolute Gasteiger partial charge is 0.229 e. The zero-order valence-corrected chi connectivity index (χ0v) is 19.4. The van der Waals surface area contributed by atoms with Crippen LogP contribution in [-0.2, 0) is 11.3 Å². The van der Waals surface area contributed by atoms with Crippen LogP contribution in [0.5, 0.6) is 0 Å². The highest BCUT2D eigenvalue weighted by atomic mass is 16.1. The van der Waals surface area contributed by atoms with Gasteiger partial charge in [-0.1, -0.05) is 26.0 Å². The molecular weight excluding hydrogens is 414 g/mol. The van der Waals surface area contributed by atoms with Gasteiger partial charge >= 0.3 is 0 Å². The highest BCUT2D eigenvalue weighted by molar-refractivity contribution is 5.78. The lowest BCUT2D eigenvalue weighted by Gasteiger charge is -2.14. The molecule has 0 spiro atoms. The molecule has 3 aromatic rings. The lowest BCUT2D eigenvalue weighted by Crippen LogP contribution is -2.30. The quantitative estimate of drug-likeness (QED) is 0.358. The summed E-state index contributed by atoms with van der Waals surface area (Å²) in [6, 6.07) is 8.24. The van der Waals surface area contributed by atoms with E-state index in [4.69, 9.17) is 4.98 Å². The monoisotopic (exact) mass is 447 g/mol. The van der Waals surface area contributed by atoms with Crippen LogP contribution >= 0.6 is 0 Å². The van der Waals surface area contributed by atoms with Gasteiger partial charge in [0.15, 0.2) is 0 Å². The van der Waals surface area contributed by atoms with Crippen LogP contribution in [0.15, 0.2) is 49.2 Å². The Labute approximate surface area is 195 Å². The maximum absolute atomic E-state index is 11.9. The summed E-state index contributed by atoms with van der Waals surface area (Å²) in [7, 11) is 0. The van der Waals surface area contributed by atoms with Crippen LogP contribution in [0.1, 0.15) is 56.6 Å². The van der Waals surface area contributed by atoms with Crippen molar-refractivity contribution in [1.29, 1.82) is 0 Å². The SMILES string of the molecule is CCC(C)C(=O)NCCCNc1nc(Nc2cccc(Cn3ccnc3)c2)ncc1C1CC1. The Balaban J connectivity index is 1.36. The van der Waals surface area contributed by atoms with Gasteiger partial charge in [-0.25, -0.2) is 9.97 Å². The predicted octanol–water partition coefficient (Wildman–Crippen LogP) is 4.31. The molecule has 2 aromatic heterocycles. The zero-order chi connectivity index (χ0) is 23.0. The van der Waals surface area contributed by atoms with Crippen LogP contribution in [0.25, 0.3) is 0 Å². The summed E-state index contributed by atoms with van der Waals surface area (Å²) >= 11 is 0.